The minimum atomic E-state index is -0.0445. The van der Waals surface area contributed by atoms with Crippen LogP contribution in [0.3, 0.4) is 0 Å². The van der Waals surface area contributed by atoms with Crippen molar-refractivity contribution in [1.29, 1.82) is 0 Å². The molecule has 0 spiro atoms. The first-order valence-electron chi connectivity index (χ1n) is 7.33. The standard InChI is InChI=1S/C16H21BrClNO/c1-2-11-3-5-12(6-4-11)10-19-16(20)14-9-13(18)7-8-15(14)17/h7-9,11-12H,2-6,10H2,1H3,(H,19,20). The van der Waals surface area contributed by atoms with Crippen LogP contribution in [-0.2, 0) is 0 Å². The summed E-state index contributed by atoms with van der Waals surface area (Å²) >= 11 is 9.34. The summed E-state index contributed by atoms with van der Waals surface area (Å²) in [5.41, 5.74) is 0.611. The maximum absolute atomic E-state index is 12.2. The summed E-state index contributed by atoms with van der Waals surface area (Å²) in [5, 5.41) is 3.63. The third kappa shape index (κ3) is 4.23. The number of benzene rings is 1. The van der Waals surface area contributed by atoms with Gasteiger partial charge in [-0.25, -0.2) is 0 Å². The molecule has 1 saturated carbocycles. The van der Waals surface area contributed by atoms with Crippen LogP contribution in [0.25, 0.3) is 0 Å². The van der Waals surface area contributed by atoms with E-state index in [-0.39, 0.29) is 5.91 Å². The Hall–Kier alpha value is -0.540. The van der Waals surface area contributed by atoms with E-state index >= 15 is 0 Å². The van der Waals surface area contributed by atoms with E-state index in [1.807, 2.05) is 6.07 Å². The Morgan fingerprint density at radius 3 is 2.60 bits per heavy atom. The molecule has 0 atom stereocenters. The van der Waals surface area contributed by atoms with Gasteiger partial charge in [-0.15, -0.1) is 0 Å². The average molecular weight is 359 g/mol. The normalized spacial score (nSPS) is 22.6. The summed E-state index contributed by atoms with van der Waals surface area (Å²) in [4.78, 5) is 12.2. The Labute approximate surface area is 134 Å². The molecule has 4 heteroatoms. The molecule has 1 aromatic rings. The van der Waals surface area contributed by atoms with Crippen LogP contribution in [-0.4, -0.2) is 12.5 Å². The van der Waals surface area contributed by atoms with Crippen LogP contribution in [0, 0.1) is 11.8 Å². The summed E-state index contributed by atoms with van der Waals surface area (Å²) in [6, 6.07) is 5.28. The summed E-state index contributed by atoms with van der Waals surface area (Å²) in [6.07, 6.45) is 6.36. The lowest BCUT2D eigenvalue weighted by Gasteiger charge is -2.27. The van der Waals surface area contributed by atoms with E-state index < -0.39 is 0 Å². The van der Waals surface area contributed by atoms with Gasteiger partial charge in [-0.2, -0.15) is 0 Å². The molecule has 2 rings (SSSR count). The van der Waals surface area contributed by atoms with Crippen molar-refractivity contribution in [2.24, 2.45) is 11.8 Å². The van der Waals surface area contributed by atoms with Gasteiger partial charge in [-0.3, -0.25) is 4.79 Å². The van der Waals surface area contributed by atoms with Crippen molar-refractivity contribution in [2.75, 3.05) is 6.54 Å². The zero-order valence-corrected chi connectivity index (χ0v) is 14.1. The van der Waals surface area contributed by atoms with Crippen LogP contribution in [0.5, 0.6) is 0 Å². The van der Waals surface area contributed by atoms with Crippen molar-refractivity contribution in [1.82, 2.24) is 5.32 Å². The van der Waals surface area contributed by atoms with Crippen molar-refractivity contribution >= 4 is 33.4 Å². The van der Waals surface area contributed by atoms with Gasteiger partial charge in [0, 0.05) is 16.0 Å². The molecule has 0 unspecified atom stereocenters. The molecule has 0 bridgehead atoms. The molecule has 110 valence electrons. The van der Waals surface area contributed by atoms with E-state index in [0.29, 0.717) is 16.5 Å². The summed E-state index contributed by atoms with van der Waals surface area (Å²) in [5.74, 6) is 1.47. The van der Waals surface area contributed by atoms with Crippen LogP contribution in [0.1, 0.15) is 49.4 Å². The van der Waals surface area contributed by atoms with Crippen molar-refractivity contribution in [2.45, 2.75) is 39.0 Å². The second-order valence-electron chi connectivity index (χ2n) is 5.63. The maximum atomic E-state index is 12.2. The van der Waals surface area contributed by atoms with E-state index in [2.05, 4.69) is 28.2 Å². The molecule has 1 aliphatic carbocycles. The first-order valence-corrected chi connectivity index (χ1v) is 8.50. The number of halogens is 2. The molecule has 1 fully saturated rings. The Bertz CT molecular complexity index is 470. The number of rotatable bonds is 4. The molecule has 0 heterocycles. The summed E-state index contributed by atoms with van der Waals surface area (Å²) in [7, 11) is 0. The highest BCUT2D eigenvalue weighted by molar-refractivity contribution is 9.10. The third-order valence-electron chi connectivity index (χ3n) is 4.27. The van der Waals surface area contributed by atoms with Crippen molar-refractivity contribution in [3.05, 3.63) is 33.3 Å². The van der Waals surface area contributed by atoms with Crippen LogP contribution in [0.2, 0.25) is 5.02 Å². The fourth-order valence-electron chi connectivity index (χ4n) is 2.85. The first-order chi connectivity index (χ1) is 9.60. The van der Waals surface area contributed by atoms with Crippen LogP contribution >= 0.6 is 27.5 Å². The fourth-order valence-corrected chi connectivity index (χ4v) is 3.45. The minimum absolute atomic E-state index is 0.0445. The van der Waals surface area contributed by atoms with Crippen molar-refractivity contribution in [3.8, 4) is 0 Å². The van der Waals surface area contributed by atoms with Crippen LogP contribution < -0.4 is 5.32 Å². The molecular weight excluding hydrogens is 338 g/mol. The minimum Gasteiger partial charge on any atom is -0.352 e. The largest absolute Gasteiger partial charge is 0.352 e. The quantitative estimate of drug-likeness (QED) is 0.802. The number of carbonyl (C=O) groups excluding carboxylic acids is 1. The molecule has 1 aliphatic rings. The predicted octanol–water partition coefficient (Wildman–Crippen LogP) is 5.05. The summed E-state index contributed by atoms with van der Waals surface area (Å²) in [6.45, 7) is 3.04. The second-order valence-corrected chi connectivity index (χ2v) is 6.92. The number of amides is 1. The molecule has 1 N–H and O–H groups in total. The van der Waals surface area contributed by atoms with Gasteiger partial charge < -0.3 is 5.32 Å². The van der Waals surface area contributed by atoms with E-state index in [0.717, 1.165) is 16.9 Å². The van der Waals surface area contributed by atoms with Crippen molar-refractivity contribution < 1.29 is 4.79 Å². The van der Waals surface area contributed by atoms with Gasteiger partial charge in [0.2, 0.25) is 0 Å². The lowest BCUT2D eigenvalue weighted by molar-refractivity contribution is 0.0940. The lowest BCUT2D eigenvalue weighted by Crippen LogP contribution is -2.31. The highest BCUT2D eigenvalue weighted by Crippen LogP contribution is 2.30. The number of hydrogen-bond donors (Lipinski definition) is 1. The van der Waals surface area contributed by atoms with Gasteiger partial charge in [0.15, 0.2) is 0 Å². The Balaban J connectivity index is 1.85. The van der Waals surface area contributed by atoms with E-state index in [9.17, 15) is 4.79 Å². The molecule has 1 amide bonds. The Morgan fingerprint density at radius 2 is 1.95 bits per heavy atom. The number of hydrogen-bond acceptors (Lipinski definition) is 1. The molecule has 0 aliphatic heterocycles. The SMILES string of the molecule is CCC1CCC(CNC(=O)c2cc(Cl)ccc2Br)CC1. The average Bonchev–Trinajstić information content (AvgIpc) is 2.47. The molecule has 0 saturated heterocycles. The monoisotopic (exact) mass is 357 g/mol. The van der Waals surface area contributed by atoms with Gasteiger partial charge in [0.1, 0.15) is 0 Å². The zero-order valence-electron chi connectivity index (χ0n) is 11.8. The highest BCUT2D eigenvalue weighted by atomic mass is 79.9. The molecule has 0 aromatic heterocycles. The smallest absolute Gasteiger partial charge is 0.252 e. The molecule has 20 heavy (non-hydrogen) atoms. The molecule has 1 aromatic carbocycles. The van der Waals surface area contributed by atoms with Gasteiger partial charge in [-0.1, -0.05) is 37.8 Å². The van der Waals surface area contributed by atoms with Gasteiger partial charge >= 0.3 is 0 Å². The fraction of sp³-hybridized carbons (Fsp3) is 0.562. The van der Waals surface area contributed by atoms with Gasteiger partial charge in [0.25, 0.3) is 5.91 Å². The van der Waals surface area contributed by atoms with Crippen molar-refractivity contribution in [3.63, 3.8) is 0 Å². The second kappa shape index (κ2) is 7.46. The lowest BCUT2D eigenvalue weighted by atomic mass is 9.81. The number of carbonyl (C=O) groups is 1. The summed E-state index contributed by atoms with van der Waals surface area (Å²) < 4.78 is 0.786. The predicted molar refractivity (Wildman–Crippen MR) is 87.2 cm³/mol. The van der Waals surface area contributed by atoms with Crippen LogP contribution in [0.4, 0.5) is 0 Å². The van der Waals surface area contributed by atoms with Gasteiger partial charge in [-0.05, 0) is 58.8 Å². The van der Waals surface area contributed by atoms with E-state index in [4.69, 9.17) is 11.6 Å². The third-order valence-corrected chi connectivity index (χ3v) is 5.19. The first kappa shape index (κ1) is 15.8. The van der Waals surface area contributed by atoms with E-state index in [1.54, 1.807) is 12.1 Å². The topological polar surface area (TPSA) is 29.1 Å². The Kier molecular flexibility index (Phi) is 5.91. The number of nitrogens with one attached hydrogen (secondary N) is 1. The molecular formula is C16H21BrClNO. The molecule has 2 nitrogen and oxygen atoms in total. The maximum Gasteiger partial charge on any atom is 0.252 e. The van der Waals surface area contributed by atoms with Gasteiger partial charge in [0.05, 0.1) is 5.56 Å². The molecule has 0 radical (unpaired) electrons. The highest BCUT2D eigenvalue weighted by Gasteiger charge is 2.20. The Morgan fingerprint density at radius 1 is 1.30 bits per heavy atom. The van der Waals surface area contributed by atoms with Crippen LogP contribution in [0.15, 0.2) is 22.7 Å². The zero-order chi connectivity index (χ0) is 14.5. The van der Waals surface area contributed by atoms with E-state index in [1.165, 1.54) is 32.1 Å².